The average Bonchev–Trinajstić information content (AvgIpc) is 2.83. The molecule has 0 aliphatic heterocycles. The number of urea groups is 1. The lowest BCUT2D eigenvalue weighted by molar-refractivity contribution is 0.0674. The summed E-state index contributed by atoms with van der Waals surface area (Å²) >= 11 is 0. The van der Waals surface area contributed by atoms with E-state index in [1.54, 1.807) is 4.90 Å². The third kappa shape index (κ3) is 6.13. The molecule has 3 rings (SSSR count). The number of anilines is 2. The van der Waals surface area contributed by atoms with Crippen LogP contribution in [0, 0.1) is 5.82 Å². The third-order valence-electron chi connectivity index (χ3n) is 5.60. The summed E-state index contributed by atoms with van der Waals surface area (Å²) in [6.45, 7) is 4.64. The highest BCUT2D eigenvalue weighted by Gasteiger charge is 2.24. The molecular weight excluding hydrogens is 431 g/mol. The zero-order valence-electron chi connectivity index (χ0n) is 20.0. The molecule has 0 radical (unpaired) electrons. The van der Waals surface area contributed by atoms with Gasteiger partial charge in [0.25, 0.3) is 5.91 Å². The Labute approximate surface area is 200 Å². The number of hydrogen-bond acceptors (Lipinski definition) is 3. The molecule has 3 aromatic rings. The van der Waals surface area contributed by atoms with E-state index < -0.39 is 5.82 Å². The van der Waals surface area contributed by atoms with Gasteiger partial charge in [-0.15, -0.1) is 0 Å². The SMILES string of the molecule is CCNC(=O)Nc1ccc(N(C)C)c(CN(C(=O)c2ccc(F)cc2)C(C)c2ccccc2)c1. The van der Waals surface area contributed by atoms with Gasteiger partial charge in [0, 0.05) is 44.1 Å². The minimum absolute atomic E-state index is 0.205. The smallest absolute Gasteiger partial charge is 0.319 e. The van der Waals surface area contributed by atoms with Crippen LogP contribution in [0.3, 0.4) is 0 Å². The van der Waals surface area contributed by atoms with Gasteiger partial charge in [0.05, 0.1) is 6.04 Å². The predicted octanol–water partition coefficient (Wildman–Crippen LogP) is 5.44. The average molecular weight is 463 g/mol. The second-order valence-electron chi connectivity index (χ2n) is 8.25. The molecular formula is C27H31FN4O2. The van der Waals surface area contributed by atoms with Crippen LogP contribution in [-0.4, -0.2) is 37.5 Å². The highest BCUT2D eigenvalue weighted by molar-refractivity contribution is 5.94. The number of hydrogen-bond donors (Lipinski definition) is 2. The van der Waals surface area contributed by atoms with Crippen molar-refractivity contribution in [2.75, 3.05) is 30.9 Å². The first-order valence-electron chi connectivity index (χ1n) is 11.3. The Hall–Kier alpha value is -3.87. The maximum atomic E-state index is 13.6. The van der Waals surface area contributed by atoms with E-state index in [9.17, 15) is 14.0 Å². The Balaban J connectivity index is 2.01. The van der Waals surface area contributed by atoms with Crippen LogP contribution in [0.25, 0.3) is 0 Å². The molecule has 34 heavy (non-hydrogen) atoms. The summed E-state index contributed by atoms with van der Waals surface area (Å²) in [6, 6.07) is 20.5. The van der Waals surface area contributed by atoms with E-state index in [0.717, 1.165) is 16.8 Å². The molecule has 2 N–H and O–H groups in total. The topological polar surface area (TPSA) is 64.7 Å². The van der Waals surface area contributed by atoms with Crippen LogP contribution in [0.2, 0.25) is 0 Å². The van der Waals surface area contributed by atoms with Crippen LogP contribution < -0.4 is 15.5 Å². The molecule has 0 saturated heterocycles. The lowest BCUT2D eigenvalue weighted by atomic mass is 10.0. The quantitative estimate of drug-likeness (QED) is 0.469. The standard InChI is InChI=1S/C27H31FN4O2/c1-5-29-27(34)30-24-15-16-25(31(3)4)22(17-24)18-32(19(2)20-9-7-6-8-10-20)26(33)21-11-13-23(28)14-12-21/h6-17,19H,5,18H2,1-4H3,(H2,29,30,34). The summed E-state index contributed by atoms with van der Waals surface area (Å²) in [7, 11) is 3.87. The molecule has 0 heterocycles. The largest absolute Gasteiger partial charge is 0.377 e. The van der Waals surface area contributed by atoms with Gasteiger partial charge < -0.3 is 20.4 Å². The summed E-state index contributed by atoms with van der Waals surface area (Å²) in [5.41, 5.74) is 3.83. The fraction of sp³-hybridized carbons (Fsp3) is 0.259. The zero-order valence-corrected chi connectivity index (χ0v) is 20.0. The van der Waals surface area contributed by atoms with Crippen molar-refractivity contribution in [1.29, 1.82) is 0 Å². The summed E-state index contributed by atoms with van der Waals surface area (Å²) in [5, 5.41) is 5.56. The normalized spacial score (nSPS) is 11.4. The van der Waals surface area contributed by atoms with Crippen molar-refractivity contribution in [3.8, 4) is 0 Å². The third-order valence-corrected chi connectivity index (χ3v) is 5.60. The number of benzene rings is 3. The highest BCUT2D eigenvalue weighted by atomic mass is 19.1. The molecule has 0 fully saturated rings. The maximum Gasteiger partial charge on any atom is 0.319 e. The summed E-state index contributed by atoms with van der Waals surface area (Å²) < 4.78 is 13.5. The van der Waals surface area contributed by atoms with Crippen LogP contribution in [0.4, 0.5) is 20.6 Å². The minimum atomic E-state index is -0.391. The van der Waals surface area contributed by atoms with E-state index in [-0.39, 0.29) is 18.0 Å². The number of nitrogens with one attached hydrogen (secondary N) is 2. The fourth-order valence-corrected chi connectivity index (χ4v) is 3.80. The van der Waals surface area contributed by atoms with Gasteiger partial charge in [-0.05, 0) is 67.4 Å². The Morgan fingerprint density at radius 1 is 0.971 bits per heavy atom. The Morgan fingerprint density at radius 3 is 2.26 bits per heavy atom. The van der Waals surface area contributed by atoms with Gasteiger partial charge in [-0.2, -0.15) is 0 Å². The second-order valence-corrected chi connectivity index (χ2v) is 8.25. The lowest BCUT2D eigenvalue weighted by Crippen LogP contribution is -2.34. The number of rotatable bonds is 8. The van der Waals surface area contributed by atoms with Crippen LogP contribution >= 0.6 is 0 Å². The van der Waals surface area contributed by atoms with Crippen LogP contribution in [-0.2, 0) is 6.54 Å². The highest BCUT2D eigenvalue weighted by Crippen LogP contribution is 2.30. The van der Waals surface area contributed by atoms with Crippen molar-refractivity contribution in [3.05, 3.63) is 95.3 Å². The number of carbonyl (C=O) groups excluding carboxylic acids is 2. The molecule has 1 atom stereocenters. The van der Waals surface area contributed by atoms with Crippen molar-refractivity contribution < 1.29 is 14.0 Å². The minimum Gasteiger partial charge on any atom is -0.377 e. The van der Waals surface area contributed by atoms with Crippen molar-refractivity contribution in [3.63, 3.8) is 0 Å². The van der Waals surface area contributed by atoms with Gasteiger partial charge in [-0.1, -0.05) is 30.3 Å². The fourth-order valence-electron chi connectivity index (χ4n) is 3.80. The first-order chi connectivity index (χ1) is 16.3. The van der Waals surface area contributed by atoms with E-state index in [1.165, 1.54) is 24.3 Å². The Bertz CT molecular complexity index is 1120. The van der Waals surface area contributed by atoms with E-state index in [1.807, 2.05) is 81.4 Å². The van der Waals surface area contributed by atoms with Gasteiger partial charge in [-0.3, -0.25) is 4.79 Å². The maximum absolute atomic E-state index is 13.6. The van der Waals surface area contributed by atoms with Gasteiger partial charge in [0.2, 0.25) is 0 Å². The molecule has 1 unspecified atom stereocenters. The van der Waals surface area contributed by atoms with E-state index in [0.29, 0.717) is 24.3 Å². The Morgan fingerprint density at radius 2 is 1.65 bits per heavy atom. The van der Waals surface area contributed by atoms with E-state index >= 15 is 0 Å². The van der Waals surface area contributed by atoms with Crippen LogP contribution in [0.1, 0.15) is 41.4 Å². The molecule has 0 aromatic heterocycles. The zero-order chi connectivity index (χ0) is 24.7. The van der Waals surface area contributed by atoms with E-state index in [2.05, 4.69) is 10.6 Å². The molecule has 0 spiro atoms. The molecule has 178 valence electrons. The number of carbonyl (C=O) groups is 2. The summed E-state index contributed by atoms with van der Waals surface area (Å²) in [5.74, 6) is -0.596. The van der Waals surface area contributed by atoms with E-state index in [4.69, 9.17) is 0 Å². The molecule has 0 saturated carbocycles. The first-order valence-corrected chi connectivity index (χ1v) is 11.3. The second kappa shape index (κ2) is 11.3. The van der Waals surface area contributed by atoms with Crippen molar-refractivity contribution in [1.82, 2.24) is 10.2 Å². The number of halogens is 1. The van der Waals surface area contributed by atoms with Gasteiger partial charge >= 0.3 is 6.03 Å². The first kappa shape index (κ1) is 24.8. The molecule has 3 aromatic carbocycles. The molecule has 0 aliphatic carbocycles. The molecule has 7 heteroatoms. The van der Waals surface area contributed by atoms with Crippen molar-refractivity contribution in [2.24, 2.45) is 0 Å². The van der Waals surface area contributed by atoms with Gasteiger partial charge in [-0.25, -0.2) is 9.18 Å². The summed E-state index contributed by atoms with van der Waals surface area (Å²) in [6.07, 6.45) is 0. The predicted molar refractivity (Wildman–Crippen MR) is 135 cm³/mol. The van der Waals surface area contributed by atoms with Crippen LogP contribution in [0.5, 0.6) is 0 Å². The molecule has 0 bridgehead atoms. The van der Waals surface area contributed by atoms with Crippen LogP contribution in [0.15, 0.2) is 72.8 Å². The summed E-state index contributed by atoms with van der Waals surface area (Å²) in [4.78, 5) is 29.4. The number of nitrogens with zero attached hydrogens (tertiary/aromatic N) is 2. The molecule has 3 amide bonds. The molecule has 6 nitrogen and oxygen atoms in total. The monoisotopic (exact) mass is 462 g/mol. The Kier molecular flexibility index (Phi) is 8.24. The van der Waals surface area contributed by atoms with Gasteiger partial charge in [0.15, 0.2) is 0 Å². The van der Waals surface area contributed by atoms with Crippen molar-refractivity contribution >= 4 is 23.3 Å². The van der Waals surface area contributed by atoms with Gasteiger partial charge in [0.1, 0.15) is 5.82 Å². The lowest BCUT2D eigenvalue weighted by Gasteiger charge is -2.31. The number of amides is 3. The molecule has 0 aliphatic rings. The van der Waals surface area contributed by atoms with Crippen molar-refractivity contribution in [2.45, 2.75) is 26.4 Å².